The minimum Gasteiger partial charge on any atom is -0.271 e. The Balaban J connectivity index is 4.95. The van der Waals surface area contributed by atoms with Crippen molar-refractivity contribution < 1.29 is 0 Å². The Morgan fingerprint density at radius 3 is 2.38 bits per heavy atom. The van der Waals surface area contributed by atoms with Crippen molar-refractivity contribution in [3.8, 4) is 0 Å². The van der Waals surface area contributed by atoms with Gasteiger partial charge >= 0.3 is 0 Å². The van der Waals surface area contributed by atoms with Gasteiger partial charge in [0.2, 0.25) is 0 Å². The number of hydrogen-bond acceptors (Lipinski definition) is 1. The SMILES string of the molecule is C=C/C=C\C(=C(C)C)/C(Br)=C\N=C. The van der Waals surface area contributed by atoms with Gasteiger partial charge in [-0.05, 0) is 42.1 Å². The number of nitrogens with zero attached hydrogens (tertiary/aromatic N) is 1. The average Bonchev–Trinajstić information content (AvgIpc) is 2.05. The molecule has 13 heavy (non-hydrogen) atoms. The van der Waals surface area contributed by atoms with Gasteiger partial charge in [0.25, 0.3) is 0 Å². The summed E-state index contributed by atoms with van der Waals surface area (Å²) < 4.78 is 0.931. The molecule has 70 valence electrons. The summed E-state index contributed by atoms with van der Waals surface area (Å²) in [5.41, 5.74) is 2.32. The Hall–Kier alpha value is -0.890. The fourth-order valence-electron chi connectivity index (χ4n) is 0.799. The van der Waals surface area contributed by atoms with E-state index in [1.54, 1.807) is 12.3 Å². The van der Waals surface area contributed by atoms with Gasteiger partial charge in [0.1, 0.15) is 0 Å². The van der Waals surface area contributed by atoms with Gasteiger partial charge in [-0.2, -0.15) is 0 Å². The summed E-state index contributed by atoms with van der Waals surface area (Å²) in [5.74, 6) is 0. The molecule has 0 N–H and O–H groups in total. The monoisotopic (exact) mass is 239 g/mol. The van der Waals surface area contributed by atoms with Gasteiger partial charge in [0.15, 0.2) is 0 Å². The zero-order chi connectivity index (χ0) is 10.3. The lowest BCUT2D eigenvalue weighted by atomic mass is 10.1. The molecule has 0 aromatic heterocycles. The van der Waals surface area contributed by atoms with E-state index in [-0.39, 0.29) is 0 Å². The molecular formula is C11H14BrN. The number of aliphatic imine (C=N–C) groups is 1. The average molecular weight is 240 g/mol. The van der Waals surface area contributed by atoms with Crippen molar-refractivity contribution in [2.24, 2.45) is 4.99 Å². The molecule has 0 saturated carbocycles. The topological polar surface area (TPSA) is 12.4 Å². The van der Waals surface area contributed by atoms with Crippen molar-refractivity contribution in [3.63, 3.8) is 0 Å². The van der Waals surface area contributed by atoms with Crippen molar-refractivity contribution in [2.45, 2.75) is 13.8 Å². The Morgan fingerprint density at radius 1 is 1.38 bits per heavy atom. The standard InChI is InChI=1S/C11H14BrN/c1-5-6-7-10(9(2)3)11(12)8-13-4/h5-8H,1,4H2,2-3H3/b7-6-,11-8+. The number of rotatable bonds is 4. The molecule has 0 aliphatic carbocycles. The molecule has 0 heterocycles. The lowest BCUT2D eigenvalue weighted by molar-refractivity contribution is 1.33. The first kappa shape index (κ1) is 12.1. The summed E-state index contributed by atoms with van der Waals surface area (Å²) in [5, 5.41) is 0. The zero-order valence-electron chi connectivity index (χ0n) is 8.05. The Kier molecular flexibility index (Phi) is 6.15. The van der Waals surface area contributed by atoms with E-state index in [2.05, 4.69) is 34.2 Å². The highest BCUT2D eigenvalue weighted by Gasteiger charge is 1.98. The molecule has 0 bridgehead atoms. The maximum atomic E-state index is 3.69. The van der Waals surface area contributed by atoms with E-state index in [1.807, 2.05) is 26.0 Å². The first-order chi connectivity index (χ1) is 6.13. The molecule has 0 aromatic carbocycles. The maximum absolute atomic E-state index is 3.69. The molecule has 0 rings (SSSR count). The third kappa shape index (κ3) is 4.63. The van der Waals surface area contributed by atoms with Gasteiger partial charge < -0.3 is 0 Å². The summed E-state index contributed by atoms with van der Waals surface area (Å²) in [6, 6.07) is 0. The molecular weight excluding hydrogens is 226 g/mol. The molecule has 0 amide bonds. The highest BCUT2D eigenvalue weighted by atomic mass is 79.9. The summed E-state index contributed by atoms with van der Waals surface area (Å²) in [6.07, 6.45) is 7.29. The van der Waals surface area contributed by atoms with Gasteiger partial charge in [-0.15, -0.1) is 0 Å². The minimum atomic E-state index is 0.931. The van der Waals surface area contributed by atoms with Crippen LogP contribution in [0.2, 0.25) is 0 Å². The maximum Gasteiger partial charge on any atom is 0.0429 e. The van der Waals surface area contributed by atoms with E-state index >= 15 is 0 Å². The van der Waals surface area contributed by atoms with Crippen LogP contribution in [0.1, 0.15) is 13.8 Å². The van der Waals surface area contributed by atoms with Crippen molar-refractivity contribution in [1.82, 2.24) is 0 Å². The van der Waals surface area contributed by atoms with E-state index in [0.29, 0.717) is 0 Å². The van der Waals surface area contributed by atoms with Gasteiger partial charge in [-0.1, -0.05) is 30.4 Å². The van der Waals surface area contributed by atoms with E-state index < -0.39 is 0 Å². The van der Waals surface area contributed by atoms with Crippen molar-refractivity contribution in [2.75, 3.05) is 0 Å². The van der Waals surface area contributed by atoms with Crippen LogP contribution in [-0.4, -0.2) is 6.72 Å². The predicted octanol–water partition coefficient (Wildman–Crippen LogP) is 4.00. The molecule has 0 unspecified atom stereocenters. The lowest BCUT2D eigenvalue weighted by Crippen LogP contribution is -1.81. The van der Waals surface area contributed by atoms with E-state index in [1.165, 1.54) is 5.57 Å². The molecule has 0 aliphatic heterocycles. The number of halogens is 1. The van der Waals surface area contributed by atoms with Crippen LogP contribution in [0.15, 0.2) is 51.6 Å². The smallest absolute Gasteiger partial charge is 0.0429 e. The summed E-state index contributed by atoms with van der Waals surface area (Å²) in [6.45, 7) is 11.1. The van der Waals surface area contributed by atoms with Crippen molar-refractivity contribution in [1.29, 1.82) is 0 Å². The summed E-state index contributed by atoms with van der Waals surface area (Å²) >= 11 is 3.42. The summed E-state index contributed by atoms with van der Waals surface area (Å²) in [7, 11) is 0. The number of allylic oxidation sites excluding steroid dienone is 6. The van der Waals surface area contributed by atoms with Gasteiger partial charge in [0, 0.05) is 10.7 Å². The molecule has 0 radical (unpaired) electrons. The second-order valence-electron chi connectivity index (χ2n) is 2.67. The van der Waals surface area contributed by atoms with Crippen LogP contribution >= 0.6 is 15.9 Å². The van der Waals surface area contributed by atoms with E-state index in [0.717, 1.165) is 10.1 Å². The molecule has 0 spiro atoms. The first-order valence-electron chi connectivity index (χ1n) is 3.92. The van der Waals surface area contributed by atoms with Crippen LogP contribution in [0.5, 0.6) is 0 Å². The van der Waals surface area contributed by atoms with Crippen molar-refractivity contribution >= 4 is 22.6 Å². The van der Waals surface area contributed by atoms with Gasteiger partial charge in [-0.25, -0.2) is 0 Å². The first-order valence-corrected chi connectivity index (χ1v) is 4.71. The fourth-order valence-corrected chi connectivity index (χ4v) is 1.47. The van der Waals surface area contributed by atoms with Crippen LogP contribution in [0, 0.1) is 0 Å². The number of hydrogen-bond donors (Lipinski definition) is 0. The molecule has 1 nitrogen and oxygen atoms in total. The Labute approximate surface area is 88.4 Å². The quantitative estimate of drug-likeness (QED) is 0.520. The van der Waals surface area contributed by atoms with E-state index in [4.69, 9.17) is 0 Å². The minimum absolute atomic E-state index is 0.931. The predicted molar refractivity (Wildman–Crippen MR) is 64.3 cm³/mol. The molecule has 0 fully saturated rings. The third-order valence-corrected chi connectivity index (χ3v) is 2.03. The molecule has 0 aromatic rings. The zero-order valence-corrected chi connectivity index (χ0v) is 9.63. The second kappa shape index (κ2) is 6.61. The highest BCUT2D eigenvalue weighted by molar-refractivity contribution is 9.12. The van der Waals surface area contributed by atoms with Gasteiger partial charge in [0.05, 0.1) is 0 Å². The lowest BCUT2D eigenvalue weighted by Gasteiger charge is -2.01. The van der Waals surface area contributed by atoms with Crippen LogP contribution in [0.25, 0.3) is 0 Å². The highest BCUT2D eigenvalue weighted by Crippen LogP contribution is 2.21. The normalized spacial score (nSPS) is 11.5. The molecule has 0 atom stereocenters. The van der Waals surface area contributed by atoms with Crippen molar-refractivity contribution in [3.05, 3.63) is 46.6 Å². The van der Waals surface area contributed by atoms with Crippen LogP contribution in [0.3, 0.4) is 0 Å². The van der Waals surface area contributed by atoms with Crippen LogP contribution < -0.4 is 0 Å². The van der Waals surface area contributed by atoms with Crippen LogP contribution in [-0.2, 0) is 0 Å². The Bertz CT molecular complexity index is 278. The van der Waals surface area contributed by atoms with E-state index in [9.17, 15) is 0 Å². The molecule has 0 aliphatic rings. The fraction of sp³-hybridized carbons (Fsp3) is 0.182. The van der Waals surface area contributed by atoms with Crippen LogP contribution in [0.4, 0.5) is 0 Å². The van der Waals surface area contributed by atoms with Gasteiger partial charge in [-0.3, -0.25) is 4.99 Å². The molecule has 2 heteroatoms. The third-order valence-electron chi connectivity index (χ3n) is 1.40. The Morgan fingerprint density at radius 2 is 2.00 bits per heavy atom. The summed E-state index contributed by atoms with van der Waals surface area (Å²) in [4.78, 5) is 3.69. The molecule has 0 saturated heterocycles. The second-order valence-corrected chi connectivity index (χ2v) is 3.52. The largest absolute Gasteiger partial charge is 0.271 e.